The number of nitriles is 1. The zero-order chi connectivity index (χ0) is 14.5. The molecule has 19 heavy (non-hydrogen) atoms. The molecule has 0 aliphatic rings. The van der Waals surface area contributed by atoms with Crippen LogP contribution < -0.4 is 5.32 Å². The molecule has 4 nitrogen and oxygen atoms in total. The summed E-state index contributed by atoms with van der Waals surface area (Å²) in [7, 11) is 0. The molecule has 99 valence electrons. The summed E-state index contributed by atoms with van der Waals surface area (Å²) in [6.45, 7) is -0.606. The third-order valence-corrected chi connectivity index (χ3v) is 2.05. The quantitative estimate of drug-likeness (QED) is 0.672. The van der Waals surface area contributed by atoms with E-state index >= 15 is 0 Å². The highest BCUT2D eigenvalue weighted by Gasteiger charge is 2.30. The van der Waals surface area contributed by atoms with E-state index in [9.17, 15) is 18.0 Å². The van der Waals surface area contributed by atoms with E-state index in [0.29, 0.717) is 0 Å². The van der Waals surface area contributed by atoms with Crippen molar-refractivity contribution in [2.75, 3.05) is 6.61 Å². The number of carbonyl (C=O) groups is 1. The number of carbonyl (C=O) groups excluding carboxylic acids is 1. The molecule has 0 heterocycles. The number of aliphatic hydroxyl groups is 1. The summed E-state index contributed by atoms with van der Waals surface area (Å²) in [4.78, 5) is 11.3. The van der Waals surface area contributed by atoms with Gasteiger partial charge in [0.15, 0.2) is 0 Å². The van der Waals surface area contributed by atoms with Gasteiger partial charge in [0, 0.05) is 6.08 Å². The topological polar surface area (TPSA) is 75.2 Å². The first-order chi connectivity index (χ1) is 8.86. The SMILES string of the molecule is N#CC(=CC(=O)[N]c1ccc(C(F)(F)F)cc1)CO. The molecule has 0 aliphatic carbocycles. The van der Waals surface area contributed by atoms with Crippen molar-refractivity contribution in [1.82, 2.24) is 5.32 Å². The van der Waals surface area contributed by atoms with Crippen molar-refractivity contribution in [2.45, 2.75) is 6.18 Å². The summed E-state index contributed by atoms with van der Waals surface area (Å²) in [6, 6.07) is 5.26. The van der Waals surface area contributed by atoms with Crippen LogP contribution in [0, 0.1) is 11.3 Å². The number of nitrogens with zero attached hydrogens (tertiary/aromatic N) is 2. The standard InChI is InChI=1S/C12H8F3N2O2/c13-12(14,15)9-1-3-10(4-2-9)17-11(19)5-8(6-16)7-18/h1-5,18H,7H2. The van der Waals surface area contributed by atoms with E-state index in [1.807, 2.05) is 0 Å². The Morgan fingerprint density at radius 2 is 1.95 bits per heavy atom. The van der Waals surface area contributed by atoms with Crippen molar-refractivity contribution < 1.29 is 23.1 Å². The number of halogens is 3. The van der Waals surface area contributed by atoms with Crippen molar-refractivity contribution in [3.63, 3.8) is 0 Å². The smallest absolute Gasteiger partial charge is 0.391 e. The average molecular weight is 269 g/mol. The van der Waals surface area contributed by atoms with Gasteiger partial charge in [0.05, 0.1) is 29.5 Å². The minimum atomic E-state index is -4.45. The first-order valence-electron chi connectivity index (χ1n) is 5.01. The fraction of sp³-hybridized carbons (Fsp3) is 0.167. The van der Waals surface area contributed by atoms with Crippen molar-refractivity contribution in [3.05, 3.63) is 41.5 Å². The number of alkyl halides is 3. The first-order valence-corrected chi connectivity index (χ1v) is 5.01. The maximum absolute atomic E-state index is 12.3. The maximum atomic E-state index is 12.3. The number of amides is 1. The second-order valence-corrected chi connectivity index (χ2v) is 3.43. The molecule has 0 saturated carbocycles. The van der Waals surface area contributed by atoms with Crippen LogP contribution in [0.1, 0.15) is 5.56 Å². The lowest BCUT2D eigenvalue weighted by molar-refractivity contribution is -0.137. The van der Waals surface area contributed by atoms with Gasteiger partial charge >= 0.3 is 6.18 Å². The van der Waals surface area contributed by atoms with Crippen LogP contribution >= 0.6 is 0 Å². The van der Waals surface area contributed by atoms with Crippen LogP contribution in [0.15, 0.2) is 35.9 Å². The fourth-order valence-electron chi connectivity index (χ4n) is 1.15. The van der Waals surface area contributed by atoms with E-state index in [2.05, 4.69) is 5.32 Å². The summed E-state index contributed by atoms with van der Waals surface area (Å²) in [6.07, 6.45) is -3.63. The lowest BCUT2D eigenvalue weighted by Crippen LogP contribution is -2.09. The number of benzene rings is 1. The van der Waals surface area contributed by atoms with Gasteiger partial charge < -0.3 is 5.11 Å². The van der Waals surface area contributed by atoms with Gasteiger partial charge in [-0.2, -0.15) is 18.4 Å². The Hall–Kier alpha value is -2.33. The molecule has 1 aromatic rings. The molecule has 0 bridgehead atoms. The minimum Gasteiger partial charge on any atom is -0.391 e. The summed E-state index contributed by atoms with van der Waals surface area (Å²) < 4.78 is 36.8. The van der Waals surface area contributed by atoms with Crippen molar-refractivity contribution in [3.8, 4) is 6.07 Å². The fourth-order valence-corrected chi connectivity index (χ4v) is 1.15. The summed E-state index contributed by atoms with van der Waals surface area (Å²) >= 11 is 0. The molecule has 1 aromatic carbocycles. The molecular weight excluding hydrogens is 261 g/mol. The van der Waals surface area contributed by atoms with Gasteiger partial charge in [-0.15, -0.1) is 0 Å². The molecule has 0 fully saturated rings. The van der Waals surface area contributed by atoms with Gasteiger partial charge in [-0.25, -0.2) is 5.32 Å². The number of aliphatic hydroxyl groups excluding tert-OH is 1. The second kappa shape index (κ2) is 6.02. The molecule has 0 unspecified atom stereocenters. The third-order valence-electron chi connectivity index (χ3n) is 2.05. The van der Waals surface area contributed by atoms with Crippen molar-refractivity contribution >= 4 is 11.6 Å². The van der Waals surface area contributed by atoms with E-state index in [1.165, 1.54) is 0 Å². The van der Waals surface area contributed by atoms with Gasteiger partial charge in [-0.1, -0.05) is 0 Å². The average Bonchev–Trinajstić information content (AvgIpc) is 2.35. The highest BCUT2D eigenvalue weighted by Crippen LogP contribution is 2.29. The van der Waals surface area contributed by atoms with Crippen LogP contribution in [0.5, 0.6) is 0 Å². The van der Waals surface area contributed by atoms with Crippen LogP contribution in [-0.4, -0.2) is 17.6 Å². The minimum absolute atomic E-state index is 0.0319. The molecule has 7 heteroatoms. The van der Waals surface area contributed by atoms with Crippen LogP contribution in [0.2, 0.25) is 0 Å². The van der Waals surface area contributed by atoms with E-state index < -0.39 is 24.3 Å². The van der Waals surface area contributed by atoms with Gasteiger partial charge in [0.25, 0.3) is 5.91 Å². The Balaban J connectivity index is 2.77. The number of rotatable bonds is 3. The Labute approximate surface area is 106 Å². The van der Waals surface area contributed by atoms with Gasteiger partial charge in [0.1, 0.15) is 0 Å². The lowest BCUT2D eigenvalue weighted by Gasteiger charge is -2.06. The molecule has 0 saturated heterocycles. The molecule has 0 spiro atoms. The number of hydrogen-bond acceptors (Lipinski definition) is 3. The van der Waals surface area contributed by atoms with Crippen molar-refractivity contribution in [2.24, 2.45) is 0 Å². The molecule has 1 rings (SSSR count). The first kappa shape index (κ1) is 14.7. The van der Waals surface area contributed by atoms with Gasteiger partial charge in [0.2, 0.25) is 0 Å². The third kappa shape index (κ3) is 4.44. The molecule has 0 aliphatic heterocycles. The second-order valence-electron chi connectivity index (χ2n) is 3.43. The van der Waals surface area contributed by atoms with Crippen LogP contribution in [0.4, 0.5) is 18.9 Å². The Morgan fingerprint density at radius 3 is 2.37 bits per heavy atom. The summed E-state index contributed by atoms with van der Waals surface area (Å²) in [5, 5.41) is 20.6. The normalized spacial score (nSPS) is 11.8. The maximum Gasteiger partial charge on any atom is 0.416 e. The largest absolute Gasteiger partial charge is 0.416 e. The van der Waals surface area contributed by atoms with E-state index in [1.54, 1.807) is 6.07 Å². The van der Waals surface area contributed by atoms with Crippen LogP contribution in [0.3, 0.4) is 0 Å². The highest BCUT2D eigenvalue weighted by atomic mass is 19.4. The highest BCUT2D eigenvalue weighted by molar-refractivity contribution is 5.91. The molecule has 1 amide bonds. The molecular formula is C12H8F3N2O2. The predicted octanol–water partition coefficient (Wildman–Crippen LogP) is 1.91. The molecule has 1 radical (unpaired) electrons. The van der Waals surface area contributed by atoms with Crippen LogP contribution in [-0.2, 0) is 11.0 Å². The van der Waals surface area contributed by atoms with Crippen LogP contribution in [0.25, 0.3) is 0 Å². The Bertz CT molecular complexity index is 527. The van der Waals surface area contributed by atoms with Gasteiger partial charge in [-0.05, 0) is 24.3 Å². The zero-order valence-corrected chi connectivity index (χ0v) is 9.48. The molecule has 0 atom stereocenters. The van der Waals surface area contributed by atoms with Crippen molar-refractivity contribution in [1.29, 1.82) is 5.26 Å². The van der Waals surface area contributed by atoms with E-state index in [-0.39, 0.29) is 11.3 Å². The summed E-state index contributed by atoms with van der Waals surface area (Å²) in [5.41, 5.74) is -0.993. The monoisotopic (exact) mass is 269 g/mol. The van der Waals surface area contributed by atoms with E-state index in [0.717, 1.165) is 30.3 Å². The number of hydrogen-bond donors (Lipinski definition) is 1. The predicted molar refractivity (Wildman–Crippen MR) is 59.0 cm³/mol. The zero-order valence-electron chi connectivity index (χ0n) is 9.48. The van der Waals surface area contributed by atoms with Gasteiger partial charge in [-0.3, -0.25) is 4.79 Å². The van der Waals surface area contributed by atoms with E-state index in [4.69, 9.17) is 10.4 Å². The summed E-state index contributed by atoms with van der Waals surface area (Å²) in [5.74, 6) is -0.828. The Morgan fingerprint density at radius 1 is 1.37 bits per heavy atom. The lowest BCUT2D eigenvalue weighted by atomic mass is 10.2. The molecule has 0 aromatic heterocycles. The Kier molecular flexibility index (Phi) is 4.67. The molecule has 1 N–H and O–H groups in total.